The molecule has 4 aliphatic heterocycles. The number of piperidine rings is 2. The van der Waals surface area contributed by atoms with Crippen LogP contribution in [0.25, 0.3) is 44.3 Å². The van der Waals surface area contributed by atoms with Gasteiger partial charge in [-0.2, -0.15) is 9.59 Å². The minimum atomic E-state index is 0. The number of aryl methyl sites for hydroxylation is 1. The Labute approximate surface area is 443 Å². The fraction of sp³-hybridized carbons (Fsp3) is 0.508. The van der Waals surface area contributed by atoms with Crippen molar-refractivity contribution in [2.45, 2.75) is 135 Å². The normalized spacial score (nSPS) is 18.1. The van der Waals surface area contributed by atoms with Gasteiger partial charge in [-0.3, -0.25) is 14.6 Å². The molecule has 2 saturated heterocycles. The minimum absolute atomic E-state index is 0. The molecule has 0 unspecified atom stereocenters. The van der Waals surface area contributed by atoms with Crippen molar-refractivity contribution in [3.63, 3.8) is 0 Å². The summed E-state index contributed by atoms with van der Waals surface area (Å²) < 4.78 is 35.7. The van der Waals surface area contributed by atoms with Gasteiger partial charge in [-0.05, 0) is 155 Å². The molecule has 0 spiro atoms. The third-order valence-electron chi connectivity index (χ3n) is 16.4. The average molecular weight is 1030 g/mol. The van der Waals surface area contributed by atoms with Gasteiger partial charge >= 0.3 is 6.15 Å². The van der Waals surface area contributed by atoms with Gasteiger partial charge in [-0.25, -0.2) is 0 Å². The number of rotatable bonds is 12. The van der Waals surface area contributed by atoms with Crippen LogP contribution in [-0.4, -0.2) is 97.3 Å². The van der Waals surface area contributed by atoms with Crippen LogP contribution in [0.3, 0.4) is 0 Å². The van der Waals surface area contributed by atoms with E-state index in [0.29, 0.717) is 43.9 Å². The second kappa shape index (κ2) is 25.6. The molecule has 74 heavy (non-hydrogen) atoms. The van der Waals surface area contributed by atoms with Crippen LogP contribution < -0.4 is 23.7 Å². The van der Waals surface area contributed by atoms with Crippen molar-refractivity contribution in [3.05, 3.63) is 89.5 Å². The molecule has 0 atom stereocenters. The molecular weight excluding hydrogens is 952 g/mol. The zero-order valence-corrected chi connectivity index (χ0v) is 44.2. The number of halogens is 1. The van der Waals surface area contributed by atoms with E-state index in [0.717, 1.165) is 66.9 Å². The first-order valence-electron chi connectivity index (χ1n) is 27.7. The third-order valence-corrected chi connectivity index (χ3v) is 16.4. The van der Waals surface area contributed by atoms with Crippen molar-refractivity contribution in [2.24, 2.45) is 0 Å². The van der Waals surface area contributed by atoms with E-state index < -0.39 is 0 Å². The second-order valence-corrected chi connectivity index (χ2v) is 21.0. The Morgan fingerprint density at radius 1 is 0.568 bits per heavy atom. The zero-order valence-electron chi connectivity index (χ0n) is 43.4. The summed E-state index contributed by atoms with van der Waals surface area (Å²) in [5.41, 5.74) is 11.7. The number of aromatic nitrogens is 2. The molecule has 4 aromatic carbocycles. The molecule has 2 aliphatic carbocycles. The maximum absolute atomic E-state index is 11.0. The molecule has 12 nitrogen and oxygen atoms in total. The highest BCUT2D eigenvalue weighted by Crippen LogP contribution is 2.51. The third kappa shape index (κ3) is 11.7. The van der Waals surface area contributed by atoms with E-state index in [4.69, 9.17) is 33.3 Å². The van der Waals surface area contributed by atoms with E-state index in [1.54, 1.807) is 5.56 Å². The average Bonchev–Trinajstić information content (AvgIpc) is 3.74. The lowest BCUT2D eigenvalue weighted by Gasteiger charge is -2.26. The number of likely N-dealkylation sites (tertiary alicyclic amines) is 2. The topological polar surface area (TPSA) is 114 Å². The predicted octanol–water partition coefficient (Wildman–Crippen LogP) is 12.9. The maximum atomic E-state index is 11.0. The Kier molecular flexibility index (Phi) is 18.4. The van der Waals surface area contributed by atoms with Crippen LogP contribution in [0.5, 0.6) is 28.7 Å². The first-order valence-corrected chi connectivity index (χ1v) is 27.7. The van der Waals surface area contributed by atoms with Crippen molar-refractivity contribution < 1.29 is 38.1 Å². The molecule has 0 radical (unpaired) electrons. The quantitative estimate of drug-likeness (QED) is 0.110. The van der Waals surface area contributed by atoms with E-state index in [9.17, 15) is 4.79 Å². The Balaban J connectivity index is 0.000000171. The van der Waals surface area contributed by atoms with E-state index in [1.807, 2.05) is 18.2 Å². The molecule has 0 amide bonds. The Morgan fingerprint density at radius 3 is 1.49 bits per heavy atom. The van der Waals surface area contributed by atoms with Crippen molar-refractivity contribution in [1.29, 1.82) is 0 Å². The number of carbonyl (C=O) groups is 1. The molecule has 6 heterocycles. The van der Waals surface area contributed by atoms with Gasteiger partial charge in [0.2, 0.25) is 0 Å². The standard InChI is InChI=1S/C30H36N2O4.C30H38N2O2.CO2.ClH/c33-21-36-23-12-13-24-26(20-23)32-17-19-35-30-25(29(32)28(24)22-8-3-1-4-9-22)10-7-11-27(30)34-18-16-31-14-5-2-6-15-31;1-22-13-14-24-26(21-22)32-18-20-34-30-25(29(32)28(24)23-9-4-2-5-10-23)11-8-12-27(30)33-19-17-31-15-6-3-7-16-31;2-1-3;/h7,10-13,20-22H,1-6,8-9,14-19H2;8,11-14,21,23H,2-7,9-10,15-20H2,1H3;;1H. The highest BCUT2D eigenvalue weighted by Gasteiger charge is 2.33. The van der Waals surface area contributed by atoms with Gasteiger partial charge in [0.15, 0.2) is 23.0 Å². The molecule has 2 aromatic heterocycles. The van der Waals surface area contributed by atoms with Gasteiger partial charge < -0.3 is 32.8 Å². The number of fused-ring (bicyclic) bond motifs is 10. The van der Waals surface area contributed by atoms with Crippen molar-refractivity contribution in [3.8, 4) is 51.3 Å². The number of hydrogen-bond donors (Lipinski definition) is 0. The molecule has 2 saturated carbocycles. The van der Waals surface area contributed by atoms with Crippen molar-refractivity contribution in [1.82, 2.24) is 18.9 Å². The highest BCUT2D eigenvalue weighted by molar-refractivity contribution is 5.96. The first kappa shape index (κ1) is 53.1. The fourth-order valence-corrected chi connectivity index (χ4v) is 13.0. The van der Waals surface area contributed by atoms with Gasteiger partial charge in [0.05, 0.1) is 30.0 Å². The van der Waals surface area contributed by atoms with Crippen LogP contribution in [0.2, 0.25) is 0 Å². The van der Waals surface area contributed by atoms with Crippen LogP contribution in [0.4, 0.5) is 0 Å². The van der Waals surface area contributed by atoms with E-state index >= 15 is 0 Å². The molecule has 13 heteroatoms. The van der Waals surface area contributed by atoms with Crippen LogP contribution in [0.15, 0.2) is 72.8 Å². The molecule has 6 aromatic rings. The smallest absolute Gasteiger partial charge is 0.373 e. The summed E-state index contributed by atoms with van der Waals surface area (Å²) in [5, 5.41) is 2.70. The Hall–Kier alpha value is -5.78. The zero-order chi connectivity index (χ0) is 49.9. The van der Waals surface area contributed by atoms with Gasteiger partial charge in [-0.1, -0.05) is 75.6 Å². The lowest BCUT2D eigenvalue weighted by atomic mass is 9.81. The number of ether oxygens (including phenoxy) is 5. The number of hydrogen-bond acceptors (Lipinski definition) is 10. The molecule has 394 valence electrons. The maximum Gasteiger partial charge on any atom is 0.373 e. The van der Waals surface area contributed by atoms with Crippen molar-refractivity contribution >= 4 is 46.8 Å². The van der Waals surface area contributed by atoms with Crippen LogP contribution in [0.1, 0.15) is 131 Å². The number of para-hydroxylation sites is 2. The number of benzene rings is 4. The lowest BCUT2D eigenvalue weighted by Crippen LogP contribution is -2.33. The van der Waals surface area contributed by atoms with Crippen LogP contribution in [-0.2, 0) is 27.5 Å². The highest BCUT2D eigenvalue weighted by atomic mass is 35.5. The largest absolute Gasteiger partial charge is 0.488 e. The van der Waals surface area contributed by atoms with E-state index in [2.05, 4.69) is 80.5 Å². The summed E-state index contributed by atoms with van der Waals surface area (Å²) in [7, 11) is 0. The molecular formula is C61H75ClN4O8. The summed E-state index contributed by atoms with van der Waals surface area (Å²) in [6.07, 6.45) is 21.1. The summed E-state index contributed by atoms with van der Waals surface area (Å²) in [6.45, 7) is 13.7. The van der Waals surface area contributed by atoms with Gasteiger partial charge in [0.1, 0.15) is 32.2 Å². The SMILES string of the molecule is Cc1ccc2c(C3CCCCC3)c3n(c2c1)CCOc1c(OCCN2CCCCC2)cccc1-3.Cl.O=C=O.O=COc1ccc2c(C3CCCCC3)c3n(c2c1)CCOc1c(OCCN2CCCCC2)cccc1-3. The molecule has 6 aliphatic rings. The van der Waals surface area contributed by atoms with Gasteiger partial charge in [-0.15, -0.1) is 12.4 Å². The minimum Gasteiger partial charge on any atom is -0.488 e. The molecule has 0 bridgehead atoms. The summed E-state index contributed by atoms with van der Waals surface area (Å²) in [4.78, 5) is 32.3. The fourth-order valence-electron chi connectivity index (χ4n) is 13.0. The summed E-state index contributed by atoms with van der Waals surface area (Å²) in [5.74, 6) is 5.26. The van der Waals surface area contributed by atoms with Crippen LogP contribution >= 0.6 is 12.4 Å². The van der Waals surface area contributed by atoms with E-state index in [-0.39, 0.29) is 18.6 Å². The van der Waals surface area contributed by atoms with Crippen LogP contribution in [0, 0.1) is 6.92 Å². The molecule has 12 rings (SSSR count). The van der Waals surface area contributed by atoms with Gasteiger partial charge in [0.25, 0.3) is 6.47 Å². The Bertz CT molecular complexity index is 2860. The van der Waals surface area contributed by atoms with E-state index in [1.165, 1.54) is 173 Å². The Morgan fingerprint density at radius 2 is 1.01 bits per heavy atom. The summed E-state index contributed by atoms with van der Waals surface area (Å²) >= 11 is 0. The first-order chi connectivity index (χ1) is 36.0. The van der Waals surface area contributed by atoms with Gasteiger partial charge in [0, 0.05) is 46.6 Å². The van der Waals surface area contributed by atoms with Crippen molar-refractivity contribution in [2.75, 3.05) is 65.7 Å². The summed E-state index contributed by atoms with van der Waals surface area (Å²) in [6, 6.07) is 25.9. The monoisotopic (exact) mass is 1030 g/mol. The molecule has 0 N–H and O–H groups in total. The second-order valence-electron chi connectivity index (χ2n) is 21.0. The molecule has 4 fully saturated rings. The number of carbonyl (C=O) groups excluding carboxylic acids is 3. The lowest BCUT2D eigenvalue weighted by molar-refractivity contribution is -0.191. The predicted molar refractivity (Wildman–Crippen MR) is 293 cm³/mol. The number of nitrogens with zero attached hydrogens (tertiary/aromatic N) is 4.